The minimum atomic E-state index is 0.808. The number of anilines is 2. The van der Waals surface area contributed by atoms with E-state index in [0.29, 0.717) is 0 Å². The SMILES string of the molecule is CN(Cc1cccc(N)c1)c1ncnc2c1CCCCC2. The molecule has 1 aliphatic carbocycles. The Morgan fingerprint density at radius 2 is 2.00 bits per heavy atom. The third-order valence-electron chi connectivity index (χ3n) is 4.08. The number of benzene rings is 1. The average molecular weight is 282 g/mol. The standard InChI is InChI=1S/C17H22N4/c1-21(11-13-6-5-7-14(18)10-13)17-15-8-3-2-4-9-16(15)19-12-20-17/h5-7,10,12H,2-4,8-9,11,18H2,1H3. The third-order valence-corrected chi connectivity index (χ3v) is 4.08. The molecule has 4 heteroatoms. The molecule has 0 bridgehead atoms. The van der Waals surface area contributed by atoms with Crippen molar-refractivity contribution in [3.63, 3.8) is 0 Å². The second-order valence-electron chi connectivity index (χ2n) is 5.78. The molecular weight excluding hydrogens is 260 g/mol. The topological polar surface area (TPSA) is 55.0 Å². The van der Waals surface area contributed by atoms with E-state index in [2.05, 4.69) is 28.0 Å². The zero-order valence-corrected chi connectivity index (χ0v) is 12.5. The van der Waals surface area contributed by atoms with Crippen LogP contribution in [0.1, 0.15) is 36.1 Å². The van der Waals surface area contributed by atoms with Gasteiger partial charge >= 0.3 is 0 Å². The van der Waals surface area contributed by atoms with Crippen LogP contribution in [0.2, 0.25) is 0 Å². The number of aromatic nitrogens is 2. The van der Waals surface area contributed by atoms with E-state index in [4.69, 9.17) is 5.73 Å². The van der Waals surface area contributed by atoms with Gasteiger partial charge < -0.3 is 10.6 Å². The van der Waals surface area contributed by atoms with Crippen molar-refractivity contribution in [3.8, 4) is 0 Å². The van der Waals surface area contributed by atoms with Crippen LogP contribution in [0.4, 0.5) is 11.5 Å². The van der Waals surface area contributed by atoms with Crippen LogP contribution in [0.3, 0.4) is 0 Å². The molecule has 21 heavy (non-hydrogen) atoms. The summed E-state index contributed by atoms with van der Waals surface area (Å²) in [6.07, 6.45) is 7.63. The first-order chi connectivity index (χ1) is 10.2. The fraction of sp³-hybridized carbons (Fsp3) is 0.412. The number of aryl methyl sites for hydroxylation is 1. The van der Waals surface area contributed by atoms with Crippen LogP contribution >= 0.6 is 0 Å². The van der Waals surface area contributed by atoms with Crippen LogP contribution in [0.25, 0.3) is 0 Å². The first-order valence-electron chi connectivity index (χ1n) is 7.62. The number of nitrogens with two attached hydrogens (primary N) is 1. The maximum absolute atomic E-state index is 5.86. The Kier molecular flexibility index (Phi) is 4.04. The average Bonchev–Trinajstić information content (AvgIpc) is 2.72. The predicted molar refractivity (Wildman–Crippen MR) is 86.3 cm³/mol. The molecule has 0 spiro atoms. The molecule has 1 heterocycles. The van der Waals surface area contributed by atoms with E-state index in [9.17, 15) is 0 Å². The summed E-state index contributed by atoms with van der Waals surface area (Å²) in [7, 11) is 2.09. The molecule has 0 saturated heterocycles. The lowest BCUT2D eigenvalue weighted by atomic mass is 10.1. The van der Waals surface area contributed by atoms with Gasteiger partial charge in [0.05, 0.1) is 0 Å². The van der Waals surface area contributed by atoms with Gasteiger partial charge in [0.1, 0.15) is 12.1 Å². The highest BCUT2D eigenvalue weighted by Gasteiger charge is 2.17. The maximum Gasteiger partial charge on any atom is 0.135 e. The van der Waals surface area contributed by atoms with E-state index in [1.54, 1.807) is 6.33 Å². The van der Waals surface area contributed by atoms with E-state index in [-0.39, 0.29) is 0 Å². The number of fused-ring (bicyclic) bond motifs is 1. The van der Waals surface area contributed by atoms with Crippen molar-refractivity contribution in [1.29, 1.82) is 0 Å². The van der Waals surface area contributed by atoms with Gasteiger partial charge in [-0.2, -0.15) is 0 Å². The predicted octanol–water partition coefficient (Wildman–Crippen LogP) is 2.96. The van der Waals surface area contributed by atoms with Gasteiger partial charge in [-0.15, -0.1) is 0 Å². The molecule has 1 aromatic carbocycles. The molecule has 1 aliphatic rings. The van der Waals surface area contributed by atoms with Gasteiger partial charge in [0.15, 0.2) is 0 Å². The normalized spacial score (nSPS) is 14.3. The molecular formula is C17H22N4. The summed E-state index contributed by atoms with van der Waals surface area (Å²) in [6.45, 7) is 0.814. The highest BCUT2D eigenvalue weighted by Crippen LogP contribution is 2.26. The fourth-order valence-electron chi connectivity index (χ4n) is 3.05. The van der Waals surface area contributed by atoms with E-state index in [1.807, 2.05) is 18.2 Å². The van der Waals surface area contributed by atoms with Gasteiger partial charge in [-0.3, -0.25) is 0 Å². The molecule has 2 aromatic rings. The highest BCUT2D eigenvalue weighted by molar-refractivity contribution is 5.50. The Morgan fingerprint density at radius 3 is 2.86 bits per heavy atom. The molecule has 1 aromatic heterocycles. The zero-order valence-electron chi connectivity index (χ0n) is 12.5. The first-order valence-corrected chi connectivity index (χ1v) is 7.62. The number of nitrogens with zero attached hydrogens (tertiary/aromatic N) is 3. The lowest BCUT2D eigenvalue weighted by Gasteiger charge is -2.22. The Labute approximate surface area is 126 Å². The molecule has 0 radical (unpaired) electrons. The Morgan fingerprint density at radius 1 is 1.14 bits per heavy atom. The quantitative estimate of drug-likeness (QED) is 0.694. The summed E-state index contributed by atoms with van der Waals surface area (Å²) < 4.78 is 0. The summed E-state index contributed by atoms with van der Waals surface area (Å²) in [4.78, 5) is 11.2. The van der Waals surface area contributed by atoms with E-state index < -0.39 is 0 Å². The smallest absolute Gasteiger partial charge is 0.135 e. The molecule has 0 amide bonds. The van der Waals surface area contributed by atoms with Gasteiger partial charge in [0.2, 0.25) is 0 Å². The zero-order chi connectivity index (χ0) is 14.7. The monoisotopic (exact) mass is 282 g/mol. The van der Waals surface area contributed by atoms with Crippen LogP contribution in [-0.2, 0) is 19.4 Å². The van der Waals surface area contributed by atoms with E-state index >= 15 is 0 Å². The van der Waals surface area contributed by atoms with Gasteiger partial charge in [-0.1, -0.05) is 18.6 Å². The van der Waals surface area contributed by atoms with Gasteiger partial charge in [-0.05, 0) is 43.4 Å². The van der Waals surface area contributed by atoms with Crippen LogP contribution in [-0.4, -0.2) is 17.0 Å². The lowest BCUT2D eigenvalue weighted by Crippen LogP contribution is -2.20. The van der Waals surface area contributed by atoms with Crippen molar-refractivity contribution in [1.82, 2.24) is 9.97 Å². The van der Waals surface area contributed by atoms with E-state index in [0.717, 1.165) is 30.9 Å². The van der Waals surface area contributed by atoms with Crippen molar-refractivity contribution in [3.05, 3.63) is 47.4 Å². The molecule has 0 unspecified atom stereocenters. The molecule has 0 aliphatic heterocycles. The number of hydrogen-bond acceptors (Lipinski definition) is 4. The van der Waals surface area contributed by atoms with Crippen LogP contribution < -0.4 is 10.6 Å². The summed E-state index contributed by atoms with van der Waals surface area (Å²) in [5.41, 5.74) is 10.4. The van der Waals surface area contributed by atoms with Gasteiger partial charge in [-0.25, -0.2) is 9.97 Å². The summed E-state index contributed by atoms with van der Waals surface area (Å²) in [6, 6.07) is 8.04. The first kappa shape index (κ1) is 13.9. The molecule has 4 nitrogen and oxygen atoms in total. The van der Waals surface area contributed by atoms with Crippen molar-refractivity contribution >= 4 is 11.5 Å². The van der Waals surface area contributed by atoms with E-state index in [1.165, 1.54) is 36.1 Å². The minimum absolute atomic E-state index is 0.808. The largest absolute Gasteiger partial charge is 0.399 e. The number of rotatable bonds is 3. The second kappa shape index (κ2) is 6.12. The van der Waals surface area contributed by atoms with Crippen LogP contribution in [0.5, 0.6) is 0 Å². The Hall–Kier alpha value is -2.10. The molecule has 3 rings (SSSR count). The van der Waals surface area contributed by atoms with Crippen LogP contribution in [0.15, 0.2) is 30.6 Å². The Balaban J connectivity index is 1.86. The molecule has 0 atom stereocenters. The second-order valence-corrected chi connectivity index (χ2v) is 5.78. The van der Waals surface area contributed by atoms with Crippen molar-refractivity contribution < 1.29 is 0 Å². The Bertz CT molecular complexity index is 624. The molecule has 110 valence electrons. The molecule has 0 fully saturated rings. The minimum Gasteiger partial charge on any atom is -0.399 e. The summed E-state index contributed by atoms with van der Waals surface area (Å²) in [5.74, 6) is 1.07. The number of hydrogen-bond donors (Lipinski definition) is 1. The van der Waals surface area contributed by atoms with Gasteiger partial charge in [0, 0.05) is 30.5 Å². The summed E-state index contributed by atoms with van der Waals surface area (Å²) >= 11 is 0. The fourth-order valence-corrected chi connectivity index (χ4v) is 3.05. The van der Waals surface area contributed by atoms with Crippen molar-refractivity contribution in [2.24, 2.45) is 0 Å². The lowest BCUT2D eigenvalue weighted by molar-refractivity contribution is 0.708. The van der Waals surface area contributed by atoms with Crippen molar-refractivity contribution in [2.75, 3.05) is 17.7 Å². The summed E-state index contributed by atoms with van der Waals surface area (Å²) in [5, 5.41) is 0. The van der Waals surface area contributed by atoms with Gasteiger partial charge in [0.25, 0.3) is 0 Å². The number of nitrogen functional groups attached to an aromatic ring is 1. The van der Waals surface area contributed by atoms with Crippen LogP contribution in [0, 0.1) is 0 Å². The molecule has 0 saturated carbocycles. The maximum atomic E-state index is 5.86. The third kappa shape index (κ3) is 3.15. The van der Waals surface area contributed by atoms with Crippen molar-refractivity contribution in [2.45, 2.75) is 38.6 Å². The molecule has 2 N–H and O–H groups in total. The highest BCUT2D eigenvalue weighted by atomic mass is 15.2.